The molecule has 20 heavy (non-hydrogen) atoms. The monoisotopic (exact) mass is 310 g/mol. The first-order chi connectivity index (χ1) is 9.56. The average molecular weight is 311 g/mol. The SMILES string of the molecule is CN(CCc1cccs1)Cc1ccc(Cl)c([N+](=O)[O-])c1. The highest BCUT2D eigenvalue weighted by Gasteiger charge is 2.13. The van der Waals surface area contributed by atoms with Gasteiger partial charge in [-0.2, -0.15) is 0 Å². The molecule has 6 heteroatoms. The highest BCUT2D eigenvalue weighted by molar-refractivity contribution is 7.09. The van der Waals surface area contributed by atoms with Gasteiger partial charge in [-0.3, -0.25) is 10.1 Å². The topological polar surface area (TPSA) is 46.4 Å². The summed E-state index contributed by atoms with van der Waals surface area (Å²) in [5, 5.41) is 13.1. The Hall–Kier alpha value is -1.43. The van der Waals surface area contributed by atoms with E-state index in [0.717, 1.165) is 18.5 Å². The molecule has 0 radical (unpaired) electrons. The summed E-state index contributed by atoms with van der Waals surface area (Å²) >= 11 is 7.55. The minimum absolute atomic E-state index is 0.0316. The quantitative estimate of drug-likeness (QED) is 0.599. The molecule has 0 fully saturated rings. The molecule has 0 saturated heterocycles. The van der Waals surface area contributed by atoms with Gasteiger partial charge >= 0.3 is 0 Å². The lowest BCUT2D eigenvalue weighted by Gasteiger charge is -2.16. The van der Waals surface area contributed by atoms with Crippen molar-refractivity contribution in [2.24, 2.45) is 0 Å². The summed E-state index contributed by atoms with van der Waals surface area (Å²) in [6.45, 7) is 1.58. The van der Waals surface area contributed by atoms with E-state index in [2.05, 4.69) is 16.3 Å². The maximum absolute atomic E-state index is 10.8. The fourth-order valence-corrected chi connectivity index (χ4v) is 2.83. The van der Waals surface area contributed by atoms with Gasteiger partial charge in [0.15, 0.2) is 0 Å². The van der Waals surface area contributed by atoms with Crippen molar-refractivity contribution in [3.05, 3.63) is 61.3 Å². The Bertz CT molecular complexity index is 587. The number of nitrogens with zero attached hydrogens (tertiary/aromatic N) is 2. The molecule has 0 aliphatic carbocycles. The first-order valence-electron chi connectivity index (χ1n) is 6.20. The van der Waals surface area contributed by atoms with Crippen LogP contribution in [-0.4, -0.2) is 23.4 Å². The number of halogens is 1. The van der Waals surface area contributed by atoms with Crippen molar-refractivity contribution in [2.45, 2.75) is 13.0 Å². The van der Waals surface area contributed by atoms with Gasteiger partial charge in [0.05, 0.1) is 4.92 Å². The summed E-state index contributed by atoms with van der Waals surface area (Å²) in [5.74, 6) is 0. The third-order valence-corrected chi connectivity index (χ3v) is 4.24. The van der Waals surface area contributed by atoms with Crippen LogP contribution >= 0.6 is 22.9 Å². The lowest BCUT2D eigenvalue weighted by molar-refractivity contribution is -0.384. The van der Waals surface area contributed by atoms with Crippen molar-refractivity contribution >= 4 is 28.6 Å². The van der Waals surface area contributed by atoms with E-state index >= 15 is 0 Å². The summed E-state index contributed by atoms with van der Waals surface area (Å²) in [6.07, 6.45) is 0.990. The Morgan fingerprint density at radius 1 is 1.40 bits per heavy atom. The first-order valence-corrected chi connectivity index (χ1v) is 7.46. The molecular weight excluding hydrogens is 296 g/mol. The molecule has 1 heterocycles. The van der Waals surface area contributed by atoms with Gasteiger partial charge in [-0.05, 0) is 36.5 Å². The van der Waals surface area contributed by atoms with E-state index in [-0.39, 0.29) is 10.7 Å². The molecule has 0 amide bonds. The number of benzene rings is 1. The van der Waals surface area contributed by atoms with Gasteiger partial charge in [-0.1, -0.05) is 23.7 Å². The zero-order valence-corrected chi connectivity index (χ0v) is 12.7. The number of rotatable bonds is 6. The van der Waals surface area contributed by atoms with Crippen LogP contribution in [0.1, 0.15) is 10.4 Å². The minimum atomic E-state index is -0.447. The van der Waals surface area contributed by atoms with Gasteiger partial charge in [0.25, 0.3) is 5.69 Å². The Kier molecular flexibility index (Phi) is 5.11. The highest BCUT2D eigenvalue weighted by atomic mass is 35.5. The molecule has 1 aromatic carbocycles. The predicted octanol–water partition coefficient (Wildman–Crippen LogP) is 3.98. The van der Waals surface area contributed by atoms with E-state index < -0.39 is 4.92 Å². The molecule has 0 aliphatic rings. The molecule has 0 N–H and O–H groups in total. The average Bonchev–Trinajstić information content (AvgIpc) is 2.91. The van der Waals surface area contributed by atoms with Crippen LogP contribution in [0.15, 0.2) is 35.7 Å². The van der Waals surface area contributed by atoms with Gasteiger partial charge < -0.3 is 4.90 Å². The minimum Gasteiger partial charge on any atom is -0.302 e. The zero-order chi connectivity index (χ0) is 14.5. The number of thiophene rings is 1. The largest absolute Gasteiger partial charge is 0.302 e. The van der Waals surface area contributed by atoms with E-state index in [1.54, 1.807) is 23.5 Å². The number of nitro benzene ring substituents is 1. The molecule has 0 aliphatic heterocycles. The lowest BCUT2D eigenvalue weighted by Crippen LogP contribution is -2.20. The van der Waals surface area contributed by atoms with Gasteiger partial charge in [-0.25, -0.2) is 0 Å². The number of nitro groups is 1. The summed E-state index contributed by atoms with van der Waals surface area (Å²) in [5.41, 5.74) is 0.866. The number of hydrogen-bond acceptors (Lipinski definition) is 4. The van der Waals surface area contributed by atoms with E-state index in [1.807, 2.05) is 19.2 Å². The van der Waals surface area contributed by atoms with Crippen LogP contribution < -0.4 is 0 Å². The van der Waals surface area contributed by atoms with Crippen LogP contribution in [0.5, 0.6) is 0 Å². The molecule has 0 saturated carbocycles. The van der Waals surface area contributed by atoms with Crippen molar-refractivity contribution in [1.29, 1.82) is 0 Å². The van der Waals surface area contributed by atoms with Crippen molar-refractivity contribution < 1.29 is 4.92 Å². The zero-order valence-electron chi connectivity index (χ0n) is 11.1. The molecule has 4 nitrogen and oxygen atoms in total. The van der Waals surface area contributed by atoms with Crippen molar-refractivity contribution in [2.75, 3.05) is 13.6 Å². The van der Waals surface area contributed by atoms with Crippen LogP contribution in [0.2, 0.25) is 5.02 Å². The van der Waals surface area contributed by atoms with Gasteiger partial charge in [0.2, 0.25) is 0 Å². The molecule has 2 rings (SSSR count). The smallest absolute Gasteiger partial charge is 0.288 e. The summed E-state index contributed by atoms with van der Waals surface area (Å²) in [4.78, 5) is 13.9. The maximum atomic E-state index is 10.8. The Balaban J connectivity index is 1.95. The molecule has 106 valence electrons. The summed E-state index contributed by atoms with van der Waals surface area (Å²) < 4.78 is 0. The fourth-order valence-electron chi connectivity index (χ4n) is 1.94. The van der Waals surface area contributed by atoms with E-state index in [1.165, 1.54) is 4.88 Å². The third-order valence-electron chi connectivity index (χ3n) is 2.98. The second kappa shape index (κ2) is 6.83. The van der Waals surface area contributed by atoms with Crippen molar-refractivity contribution in [3.63, 3.8) is 0 Å². The predicted molar refractivity (Wildman–Crippen MR) is 82.5 cm³/mol. The summed E-state index contributed by atoms with van der Waals surface area (Å²) in [6, 6.07) is 9.12. The Morgan fingerprint density at radius 2 is 2.20 bits per heavy atom. The molecule has 1 aromatic heterocycles. The van der Waals surface area contributed by atoms with Crippen LogP contribution in [0.4, 0.5) is 5.69 Å². The molecular formula is C14H15ClN2O2S. The lowest BCUT2D eigenvalue weighted by atomic mass is 10.2. The van der Waals surface area contributed by atoms with E-state index in [9.17, 15) is 10.1 Å². The Labute approximate surface area is 126 Å². The van der Waals surface area contributed by atoms with Crippen molar-refractivity contribution in [1.82, 2.24) is 4.90 Å². The molecule has 0 bridgehead atoms. The molecule has 2 aromatic rings. The highest BCUT2D eigenvalue weighted by Crippen LogP contribution is 2.25. The van der Waals surface area contributed by atoms with Gasteiger partial charge in [0.1, 0.15) is 5.02 Å². The molecule has 0 unspecified atom stereocenters. The first kappa shape index (κ1) is 15.0. The Morgan fingerprint density at radius 3 is 2.85 bits per heavy atom. The van der Waals surface area contributed by atoms with E-state index in [0.29, 0.717) is 6.54 Å². The van der Waals surface area contributed by atoms with Crippen LogP contribution in [0.3, 0.4) is 0 Å². The fraction of sp³-hybridized carbons (Fsp3) is 0.286. The van der Waals surface area contributed by atoms with Crippen LogP contribution in [-0.2, 0) is 13.0 Å². The number of hydrogen-bond donors (Lipinski definition) is 0. The van der Waals surface area contributed by atoms with Crippen LogP contribution in [0, 0.1) is 10.1 Å². The van der Waals surface area contributed by atoms with Crippen molar-refractivity contribution in [3.8, 4) is 0 Å². The molecule has 0 atom stereocenters. The van der Waals surface area contributed by atoms with Gasteiger partial charge in [-0.15, -0.1) is 11.3 Å². The molecule has 0 spiro atoms. The second-order valence-corrected chi connectivity index (χ2v) is 6.05. The maximum Gasteiger partial charge on any atom is 0.288 e. The van der Waals surface area contributed by atoms with Crippen LogP contribution in [0.25, 0.3) is 0 Å². The van der Waals surface area contributed by atoms with Gasteiger partial charge in [0, 0.05) is 24.0 Å². The van der Waals surface area contributed by atoms with E-state index in [4.69, 9.17) is 11.6 Å². The normalized spacial score (nSPS) is 10.9. The second-order valence-electron chi connectivity index (χ2n) is 4.61. The summed E-state index contributed by atoms with van der Waals surface area (Å²) in [7, 11) is 2.01. The standard InChI is InChI=1S/C14H15ClN2O2S/c1-16(7-6-12-3-2-8-20-12)10-11-4-5-13(15)14(9-11)17(18)19/h2-5,8-9H,6-7,10H2,1H3. The third kappa shape index (κ3) is 4.03. The number of likely N-dealkylation sites (N-methyl/N-ethyl adjacent to an activating group) is 1.